The van der Waals surface area contributed by atoms with Crippen molar-refractivity contribution in [2.75, 3.05) is 0 Å². The van der Waals surface area contributed by atoms with Crippen LogP contribution in [0.25, 0.3) is 5.65 Å². The summed E-state index contributed by atoms with van der Waals surface area (Å²) in [6.45, 7) is 1.80. The number of aromatic nitrogens is 3. The highest BCUT2D eigenvalue weighted by atomic mass is 19.3. The molecule has 0 spiro atoms. The lowest BCUT2D eigenvalue weighted by atomic mass is 9.81. The zero-order chi connectivity index (χ0) is 12.2. The summed E-state index contributed by atoms with van der Waals surface area (Å²) in [5.41, 5.74) is 1.08. The van der Waals surface area contributed by atoms with E-state index in [4.69, 9.17) is 0 Å². The third kappa shape index (κ3) is 1.64. The van der Waals surface area contributed by atoms with Crippen LogP contribution in [0.15, 0.2) is 16.9 Å². The van der Waals surface area contributed by atoms with E-state index in [1.807, 2.05) is 0 Å². The molecule has 90 valence electrons. The van der Waals surface area contributed by atoms with Crippen molar-refractivity contribution in [3.63, 3.8) is 0 Å². The molecule has 2 aromatic heterocycles. The Morgan fingerprint density at radius 3 is 2.82 bits per heavy atom. The summed E-state index contributed by atoms with van der Waals surface area (Å²) in [7, 11) is 0. The Morgan fingerprint density at radius 2 is 2.18 bits per heavy atom. The van der Waals surface area contributed by atoms with Gasteiger partial charge in [-0.05, 0) is 18.6 Å². The van der Waals surface area contributed by atoms with Crippen LogP contribution in [0.3, 0.4) is 0 Å². The van der Waals surface area contributed by atoms with Gasteiger partial charge in [0, 0.05) is 24.8 Å². The fourth-order valence-corrected chi connectivity index (χ4v) is 2.18. The topological polar surface area (TPSA) is 50.2 Å². The highest BCUT2D eigenvalue weighted by Crippen LogP contribution is 2.47. The lowest BCUT2D eigenvalue weighted by molar-refractivity contribution is -0.0884. The van der Waals surface area contributed by atoms with Crippen LogP contribution in [0.5, 0.6) is 0 Å². The first-order valence-corrected chi connectivity index (χ1v) is 5.42. The molecule has 1 aliphatic carbocycles. The van der Waals surface area contributed by atoms with Crippen molar-refractivity contribution in [1.29, 1.82) is 0 Å². The zero-order valence-corrected chi connectivity index (χ0v) is 9.20. The van der Waals surface area contributed by atoms with E-state index in [0.29, 0.717) is 11.5 Å². The van der Waals surface area contributed by atoms with Crippen molar-refractivity contribution in [2.45, 2.75) is 31.6 Å². The third-order valence-corrected chi connectivity index (χ3v) is 3.10. The number of aryl methyl sites for hydroxylation is 1. The second-order valence-corrected chi connectivity index (χ2v) is 4.63. The standard InChI is InChI=1S/C11H11F2N3O/c1-6-2-8-14-10(7-4-11(12,13)5-7)15-16(8)9(17)3-6/h2-3,7H,4-5H2,1H3,(H,14,15). The van der Waals surface area contributed by atoms with E-state index in [-0.39, 0.29) is 24.3 Å². The Hall–Kier alpha value is -1.72. The van der Waals surface area contributed by atoms with Gasteiger partial charge in [-0.25, -0.2) is 18.3 Å². The average molecular weight is 239 g/mol. The molecule has 2 aromatic rings. The summed E-state index contributed by atoms with van der Waals surface area (Å²) in [6.07, 6.45) is -0.388. The van der Waals surface area contributed by atoms with Crippen LogP contribution < -0.4 is 5.56 Å². The van der Waals surface area contributed by atoms with Gasteiger partial charge in [0.15, 0.2) is 5.65 Å². The molecule has 2 heterocycles. The number of fused-ring (bicyclic) bond motifs is 1. The van der Waals surface area contributed by atoms with Crippen molar-refractivity contribution in [2.24, 2.45) is 0 Å². The van der Waals surface area contributed by atoms with Crippen LogP contribution in [0.1, 0.15) is 30.1 Å². The van der Waals surface area contributed by atoms with Gasteiger partial charge in [0.1, 0.15) is 5.82 Å². The Bertz CT molecular complexity index is 636. The van der Waals surface area contributed by atoms with Crippen molar-refractivity contribution in [3.05, 3.63) is 33.9 Å². The van der Waals surface area contributed by atoms with E-state index < -0.39 is 5.92 Å². The van der Waals surface area contributed by atoms with E-state index in [0.717, 1.165) is 5.56 Å². The summed E-state index contributed by atoms with van der Waals surface area (Å²) in [4.78, 5) is 15.8. The largest absolute Gasteiger partial charge is 0.276 e. The van der Waals surface area contributed by atoms with Gasteiger partial charge in [0.05, 0.1) is 0 Å². The predicted octanol–water partition coefficient (Wildman–Crippen LogP) is 1.84. The van der Waals surface area contributed by atoms with Crippen molar-refractivity contribution >= 4 is 5.65 Å². The maximum atomic E-state index is 12.8. The van der Waals surface area contributed by atoms with Crippen LogP contribution in [0.4, 0.5) is 8.78 Å². The molecule has 1 aliphatic rings. The Balaban J connectivity index is 2.03. The monoisotopic (exact) mass is 239 g/mol. The zero-order valence-electron chi connectivity index (χ0n) is 9.20. The molecule has 1 fully saturated rings. The van der Waals surface area contributed by atoms with Crippen molar-refractivity contribution in [3.8, 4) is 0 Å². The Labute approximate surface area is 95.3 Å². The van der Waals surface area contributed by atoms with Gasteiger partial charge in [-0.2, -0.15) is 0 Å². The molecule has 0 aromatic carbocycles. The Morgan fingerprint density at radius 1 is 1.47 bits per heavy atom. The molecular formula is C11H11F2N3O. The molecule has 0 aliphatic heterocycles. The minimum atomic E-state index is -2.58. The molecule has 0 atom stereocenters. The second kappa shape index (κ2) is 3.15. The molecule has 1 N–H and O–H groups in total. The number of H-pyrrole nitrogens is 1. The predicted molar refractivity (Wildman–Crippen MR) is 57.5 cm³/mol. The fraction of sp³-hybridized carbons (Fsp3) is 0.455. The molecule has 0 unspecified atom stereocenters. The first-order valence-electron chi connectivity index (χ1n) is 5.42. The van der Waals surface area contributed by atoms with Gasteiger partial charge in [0.2, 0.25) is 5.92 Å². The van der Waals surface area contributed by atoms with Gasteiger partial charge in [-0.1, -0.05) is 0 Å². The highest BCUT2D eigenvalue weighted by Gasteiger charge is 2.47. The van der Waals surface area contributed by atoms with E-state index >= 15 is 0 Å². The highest BCUT2D eigenvalue weighted by molar-refractivity contribution is 5.40. The van der Waals surface area contributed by atoms with Gasteiger partial charge in [-0.3, -0.25) is 9.89 Å². The lowest BCUT2D eigenvalue weighted by Gasteiger charge is -2.33. The van der Waals surface area contributed by atoms with Crippen LogP contribution in [-0.4, -0.2) is 20.5 Å². The minimum Gasteiger partial charge on any atom is -0.276 e. The third-order valence-electron chi connectivity index (χ3n) is 3.10. The molecule has 0 saturated heterocycles. The quantitative estimate of drug-likeness (QED) is 0.825. The van der Waals surface area contributed by atoms with Crippen LogP contribution >= 0.6 is 0 Å². The molecule has 1 saturated carbocycles. The molecule has 4 nitrogen and oxygen atoms in total. The van der Waals surface area contributed by atoms with Gasteiger partial charge in [0.25, 0.3) is 5.56 Å². The molecular weight excluding hydrogens is 228 g/mol. The van der Waals surface area contributed by atoms with E-state index in [9.17, 15) is 13.6 Å². The van der Waals surface area contributed by atoms with Crippen molar-refractivity contribution < 1.29 is 8.78 Å². The number of nitrogens with zero attached hydrogens (tertiary/aromatic N) is 2. The van der Waals surface area contributed by atoms with Crippen LogP contribution in [-0.2, 0) is 0 Å². The molecule has 0 amide bonds. The molecule has 3 rings (SSSR count). The van der Waals surface area contributed by atoms with Gasteiger partial charge in [-0.15, -0.1) is 0 Å². The maximum Gasteiger partial charge on any atom is 0.271 e. The molecule has 0 radical (unpaired) electrons. The van der Waals surface area contributed by atoms with Gasteiger partial charge >= 0.3 is 0 Å². The number of aromatic amines is 1. The van der Waals surface area contributed by atoms with E-state index in [2.05, 4.69) is 10.1 Å². The van der Waals surface area contributed by atoms with Gasteiger partial charge < -0.3 is 0 Å². The minimum absolute atomic E-state index is 0.194. The number of hydrogen-bond donors (Lipinski definition) is 1. The summed E-state index contributed by atoms with van der Waals surface area (Å²) >= 11 is 0. The van der Waals surface area contributed by atoms with E-state index in [1.165, 1.54) is 10.6 Å². The maximum absolute atomic E-state index is 12.8. The van der Waals surface area contributed by atoms with Crippen LogP contribution in [0, 0.1) is 6.92 Å². The number of rotatable bonds is 1. The number of pyridine rings is 1. The molecule has 6 heteroatoms. The number of alkyl halides is 2. The normalized spacial score (nSPS) is 19.5. The van der Waals surface area contributed by atoms with E-state index in [1.54, 1.807) is 13.0 Å². The summed E-state index contributed by atoms with van der Waals surface area (Å²) in [5, 5.41) is 2.79. The lowest BCUT2D eigenvalue weighted by Crippen LogP contribution is -2.34. The number of hydrogen-bond acceptors (Lipinski definition) is 2. The molecule has 17 heavy (non-hydrogen) atoms. The van der Waals surface area contributed by atoms with Crippen LogP contribution in [0.2, 0.25) is 0 Å². The first kappa shape index (κ1) is 10.4. The SMILES string of the molecule is Cc1cc(=O)n2[nH]c(C3CC(F)(F)C3)nc2c1. The first-order chi connectivity index (χ1) is 7.94. The Kier molecular flexibility index (Phi) is 1.93. The fourth-order valence-electron chi connectivity index (χ4n) is 2.18. The van der Waals surface area contributed by atoms with Crippen molar-refractivity contribution in [1.82, 2.24) is 14.6 Å². The number of halogens is 2. The summed E-state index contributed by atoms with van der Waals surface area (Å²) in [5.74, 6) is -2.38. The second-order valence-electron chi connectivity index (χ2n) is 4.63. The summed E-state index contributed by atoms with van der Waals surface area (Å²) in [6, 6.07) is 3.22. The number of nitrogens with one attached hydrogen (secondary N) is 1. The average Bonchev–Trinajstić information content (AvgIpc) is 2.57. The summed E-state index contributed by atoms with van der Waals surface area (Å²) < 4.78 is 26.8. The molecule has 0 bridgehead atoms. The smallest absolute Gasteiger partial charge is 0.271 e.